The molecule has 9 heteroatoms. The van der Waals surface area contributed by atoms with Gasteiger partial charge in [0, 0.05) is 57.3 Å². The van der Waals surface area contributed by atoms with Gasteiger partial charge in [-0.25, -0.2) is 23.1 Å². The zero-order chi connectivity index (χ0) is 27.4. The number of piperidine rings is 2. The van der Waals surface area contributed by atoms with Gasteiger partial charge in [0.2, 0.25) is 11.9 Å². The highest BCUT2D eigenvalue weighted by molar-refractivity contribution is 5.81. The van der Waals surface area contributed by atoms with Crippen LogP contribution >= 0.6 is 0 Å². The number of anilines is 1. The van der Waals surface area contributed by atoms with Crippen molar-refractivity contribution in [2.45, 2.75) is 64.2 Å². The first-order chi connectivity index (χ1) is 18.8. The van der Waals surface area contributed by atoms with Crippen LogP contribution in [0.5, 0.6) is 5.75 Å². The fraction of sp³-hybridized carbons (Fsp3) is 0.567. The molecular weight excluding hydrogens is 505 g/mol. The number of rotatable bonds is 7. The van der Waals surface area contributed by atoms with Crippen LogP contribution in [-0.2, 0) is 11.2 Å². The Morgan fingerprint density at radius 2 is 1.79 bits per heavy atom. The van der Waals surface area contributed by atoms with Crippen LogP contribution in [0.2, 0.25) is 0 Å². The maximum absolute atomic E-state index is 14.9. The summed E-state index contributed by atoms with van der Waals surface area (Å²) in [6, 6.07) is 5.07. The average Bonchev–Trinajstić information content (AvgIpc) is 2.96. The molecule has 2 aromatic rings. The van der Waals surface area contributed by atoms with Gasteiger partial charge in [-0.15, -0.1) is 0 Å². The van der Waals surface area contributed by atoms with Crippen LogP contribution in [-0.4, -0.2) is 59.5 Å². The van der Waals surface area contributed by atoms with E-state index in [4.69, 9.17) is 4.74 Å². The second-order valence-electron chi connectivity index (χ2n) is 11.0. The zero-order valence-electron chi connectivity index (χ0n) is 22.6. The Labute approximate surface area is 228 Å². The predicted octanol–water partition coefficient (Wildman–Crippen LogP) is 5.91. The van der Waals surface area contributed by atoms with E-state index in [1.54, 1.807) is 11.0 Å². The summed E-state index contributed by atoms with van der Waals surface area (Å²) in [5.41, 5.74) is 2.93. The molecular formula is C30H37F3N4O2. The van der Waals surface area contributed by atoms with Gasteiger partial charge >= 0.3 is 0 Å². The first-order valence-electron chi connectivity index (χ1n) is 14.2. The molecule has 1 amide bonds. The molecule has 5 rings (SSSR count). The smallest absolute Gasteiger partial charge is 0.251 e. The van der Waals surface area contributed by atoms with Crippen LogP contribution in [0, 0.1) is 17.7 Å². The van der Waals surface area contributed by atoms with Crippen molar-refractivity contribution in [2.75, 3.05) is 37.7 Å². The van der Waals surface area contributed by atoms with Crippen molar-refractivity contribution in [3.8, 4) is 5.75 Å². The number of hydrogen-bond acceptors (Lipinski definition) is 5. The standard InChI is InChI=1S/C30H37F3N4O2/c1-2-21-18-34-29(35-19-21)37-13-9-22(10-14-37)20-39-27-8-7-25(17-26(27)31)23-3-5-24(6-4-23)28(38)36-15-11-30(32,33)12-16-36/h3,7-8,17-19,22,24H,2,4-6,9-16,20H2,1H3. The van der Waals surface area contributed by atoms with Crippen molar-refractivity contribution in [1.82, 2.24) is 14.9 Å². The Morgan fingerprint density at radius 3 is 2.41 bits per heavy atom. The van der Waals surface area contributed by atoms with E-state index in [9.17, 15) is 18.0 Å². The fourth-order valence-corrected chi connectivity index (χ4v) is 5.65. The molecule has 1 aromatic carbocycles. The molecule has 0 bridgehead atoms. The number of aryl methyl sites for hydroxylation is 1. The van der Waals surface area contributed by atoms with E-state index in [1.165, 1.54) is 6.07 Å². The molecule has 3 aliphatic rings. The van der Waals surface area contributed by atoms with Crippen LogP contribution in [0.15, 0.2) is 36.7 Å². The number of alkyl halides is 2. The molecule has 210 valence electrons. The number of benzene rings is 1. The number of amides is 1. The molecule has 1 atom stereocenters. The Morgan fingerprint density at radius 1 is 1.08 bits per heavy atom. The van der Waals surface area contributed by atoms with Crippen LogP contribution in [0.3, 0.4) is 0 Å². The largest absolute Gasteiger partial charge is 0.490 e. The lowest BCUT2D eigenvalue weighted by Crippen LogP contribution is -2.45. The Hall–Kier alpha value is -3.10. The molecule has 0 N–H and O–H groups in total. The number of likely N-dealkylation sites (tertiary alicyclic amines) is 1. The van der Waals surface area contributed by atoms with Gasteiger partial charge in [-0.05, 0) is 73.3 Å². The highest BCUT2D eigenvalue weighted by Gasteiger charge is 2.37. The first-order valence-corrected chi connectivity index (χ1v) is 14.2. The van der Waals surface area contributed by atoms with Crippen molar-refractivity contribution in [2.24, 2.45) is 11.8 Å². The minimum absolute atomic E-state index is 0.0384. The molecule has 0 saturated carbocycles. The van der Waals surface area contributed by atoms with Gasteiger partial charge in [-0.1, -0.05) is 19.1 Å². The molecule has 1 unspecified atom stereocenters. The lowest BCUT2D eigenvalue weighted by Gasteiger charge is -2.34. The van der Waals surface area contributed by atoms with Crippen molar-refractivity contribution < 1.29 is 22.7 Å². The van der Waals surface area contributed by atoms with Gasteiger partial charge in [0.15, 0.2) is 11.6 Å². The minimum Gasteiger partial charge on any atom is -0.490 e. The average molecular weight is 543 g/mol. The second kappa shape index (κ2) is 12.0. The Bertz CT molecular complexity index is 1170. The normalized spacial score (nSPS) is 21.9. The van der Waals surface area contributed by atoms with E-state index in [2.05, 4.69) is 21.8 Å². The number of ether oxygens (including phenoxy) is 1. The third-order valence-electron chi connectivity index (χ3n) is 8.34. The summed E-state index contributed by atoms with van der Waals surface area (Å²) >= 11 is 0. The Balaban J connectivity index is 1.09. The maximum atomic E-state index is 14.9. The summed E-state index contributed by atoms with van der Waals surface area (Å²) in [5.74, 6) is -1.92. The van der Waals surface area contributed by atoms with E-state index in [1.807, 2.05) is 24.5 Å². The van der Waals surface area contributed by atoms with Crippen molar-refractivity contribution in [3.63, 3.8) is 0 Å². The second-order valence-corrected chi connectivity index (χ2v) is 11.0. The molecule has 0 spiro atoms. The monoisotopic (exact) mass is 542 g/mol. The third kappa shape index (κ3) is 6.73. The molecule has 1 aliphatic carbocycles. The predicted molar refractivity (Wildman–Crippen MR) is 144 cm³/mol. The minimum atomic E-state index is -2.66. The number of nitrogens with zero attached hydrogens (tertiary/aromatic N) is 4. The highest BCUT2D eigenvalue weighted by atomic mass is 19.3. The van der Waals surface area contributed by atoms with Crippen LogP contribution < -0.4 is 9.64 Å². The van der Waals surface area contributed by atoms with Crippen LogP contribution in [0.25, 0.3) is 5.57 Å². The number of halogens is 3. The Kier molecular flexibility index (Phi) is 8.43. The summed E-state index contributed by atoms with van der Waals surface area (Å²) in [5, 5.41) is 0. The van der Waals surface area contributed by atoms with Gasteiger partial charge in [0.05, 0.1) is 6.61 Å². The quantitative estimate of drug-likeness (QED) is 0.435. The number of carbonyl (C=O) groups excluding carboxylic acids is 1. The lowest BCUT2D eigenvalue weighted by molar-refractivity contribution is -0.141. The molecule has 2 saturated heterocycles. The van der Waals surface area contributed by atoms with Crippen molar-refractivity contribution >= 4 is 17.4 Å². The van der Waals surface area contributed by atoms with Gasteiger partial charge in [-0.2, -0.15) is 0 Å². The molecule has 39 heavy (non-hydrogen) atoms. The molecule has 6 nitrogen and oxygen atoms in total. The van der Waals surface area contributed by atoms with Crippen LogP contribution in [0.4, 0.5) is 19.1 Å². The summed E-state index contributed by atoms with van der Waals surface area (Å²) in [6.07, 6.45) is 9.87. The number of hydrogen-bond donors (Lipinski definition) is 0. The SMILES string of the molecule is CCc1cnc(N2CCC(COc3ccc(C4=CCC(C(=O)N5CCC(F)(F)CC5)CC4)cc3F)CC2)nc1. The third-order valence-corrected chi connectivity index (χ3v) is 8.34. The summed E-state index contributed by atoms with van der Waals surface area (Å²) in [6.45, 7) is 4.48. The maximum Gasteiger partial charge on any atom is 0.251 e. The number of aromatic nitrogens is 2. The van der Waals surface area contributed by atoms with E-state index >= 15 is 0 Å². The van der Waals surface area contributed by atoms with Crippen molar-refractivity contribution in [3.05, 3.63) is 53.6 Å². The van der Waals surface area contributed by atoms with Gasteiger partial charge in [0.25, 0.3) is 5.92 Å². The van der Waals surface area contributed by atoms with E-state index in [0.29, 0.717) is 31.8 Å². The van der Waals surface area contributed by atoms with E-state index in [0.717, 1.165) is 55.0 Å². The molecule has 0 radical (unpaired) electrons. The summed E-state index contributed by atoms with van der Waals surface area (Å²) in [7, 11) is 0. The van der Waals surface area contributed by atoms with Crippen molar-refractivity contribution in [1.29, 1.82) is 0 Å². The molecule has 2 fully saturated rings. The molecule has 1 aromatic heterocycles. The lowest BCUT2D eigenvalue weighted by atomic mass is 9.85. The molecule has 2 aliphatic heterocycles. The van der Waals surface area contributed by atoms with Gasteiger partial charge < -0.3 is 14.5 Å². The van der Waals surface area contributed by atoms with Gasteiger partial charge in [0.1, 0.15) is 0 Å². The highest BCUT2D eigenvalue weighted by Crippen LogP contribution is 2.35. The number of allylic oxidation sites excluding steroid dienone is 2. The fourth-order valence-electron chi connectivity index (χ4n) is 5.65. The van der Waals surface area contributed by atoms with Crippen LogP contribution in [0.1, 0.15) is 63.0 Å². The summed E-state index contributed by atoms with van der Waals surface area (Å²) in [4.78, 5) is 25.5. The number of carbonyl (C=O) groups is 1. The molecule has 3 heterocycles. The van der Waals surface area contributed by atoms with E-state index < -0.39 is 5.92 Å². The zero-order valence-corrected chi connectivity index (χ0v) is 22.6. The first kappa shape index (κ1) is 27.5. The van der Waals surface area contributed by atoms with Gasteiger partial charge in [-0.3, -0.25) is 4.79 Å². The topological polar surface area (TPSA) is 58.6 Å². The van der Waals surface area contributed by atoms with E-state index in [-0.39, 0.29) is 49.3 Å². The summed E-state index contributed by atoms with van der Waals surface area (Å²) < 4.78 is 47.6.